The topological polar surface area (TPSA) is 89.4 Å². The number of nitrogens with one attached hydrogen (secondary N) is 1. The molecule has 8 heteroatoms. The Morgan fingerprint density at radius 3 is 2.87 bits per heavy atom. The average Bonchev–Trinajstić information content (AvgIpc) is 3.36. The van der Waals surface area contributed by atoms with Crippen LogP contribution in [0.2, 0.25) is 5.15 Å². The molecule has 5 rings (SSSR count). The first kappa shape index (κ1) is 18.7. The van der Waals surface area contributed by atoms with Crippen molar-refractivity contribution in [1.82, 2.24) is 14.8 Å². The number of halogens is 1. The number of benzene rings is 2. The number of aromatic amines is 1. The highest BCUT2D eigenvalue weighted by Crippen LogP contribution is 2.34. The second-order valence-corrected chi connectivity index (χ2v) is 7.37. The van der Waals surface area contributed by atoms with Crippen LogP contribution < -0.4 is 9.47 Å². The molecule has 0 spiro atoms. The maximum absolute atomic E-state index is 13.3. The van der Waals surface area contributed by atoms with Crippen molar-refractivity contribution in [3.8, 4) is 22.6 Å². The minimum Gasteiger partial charge on any atom is -0.485 e. The lowest BCUT2D eigenvalue weighted by Gasteiger charge is -2.25. The fourth-order valence-electron chi connectivity index (χ4n) is 3.75. The number of carbonyl (C=O) groups is 1. The lowest BCUT2D eigenvalue weighted by atomic mass is 10.0. The number of ketones is 1. The number of hydrogen-bond acceptors (Lipinski definition) is 5. The summed E-state index contributed by atoms with van der Waals surface area (Å²) in [6, 6.07) is 13.0. The predicted molar refractivity (Wildman–Crippen MR) is 112 cm³/mol. The van der Waals surface area contributed by atoms with Crippen LogP contribution in [0.15, 0.2) is 54.9 Å². The molecule has 1 unspecified atom stereocenters. The first-order valence-corrected chi connectivity index (χ1v) is 9.89. The predicted octanol–water partition coefficient (Wildman–Crippen LogP) is 3.70. The van der Waals surface area contributed by atoms with Crippen molar-refractivity contribution < 1.29 is 19.4 Å². The van der Waals surface area contributed by atoms with Crippen molar-refractivity contribution in [2.24, 2.45) is 0 Å². The van der Waals surface area contributed by atoms with Gasteiger partial charge in [-0.1, -0.05) is 35.9 Å². The highest BCUT2D eigenvalue weighted by atomic mass is 35.5. The van der Waals surface area contributed by atoms with Crippen LogP contribution in [0.3, 0.4) is 0 Å². The number of ether oxygens (including phenoxy) is 2. The molecule has 30 heavy (non-hydrogen) atoms. The first-order chi connectivity index (χ1) is 14.7. The molecule has 0 amide bonds. The second-order valence-electron chi connectivity index (χ2n) is 7.01. The van der Waals surface area contributed by atoms with Crippen LogP contribution in [0.5, 0.6) is 11.5 Å². The molecular weight excluding hydrogens is 406 g/mol. The Hall–Kier alpha value is -3.29. The summed E-state index contributed by atoms with van der Waals surface area (Å²) in [6.45, 7) is 0.451. The zero-order valence-electron chi connectivity index (χ0n) is 15.8. The van der Waals surface area contributed by atoms with Gasteiger partial charge in [-0.05, 0) is 23.8 Å². The van der Waals surface area contributed by atoms with Crippen molar-refractivity contribution >= 4 is 28.3 Å². The van der Waals surface area contributed by atoms with E-state index < -0.39 is 6.10 Å². The van der Waals surface area contributed by atoms with E-state index in [4.69, 9.17) is 21.1 Å². The Kier molecular flexibility index (Phi) is 4.69. The zero-order valence-corrected chi connectivity index (χ0v) is 16.6. The summed E-state index contributed by atoms with van der Waals surface area (Å²) < 4.78 is 13.5. The van der Waals surface area contributed by atoms with E-state index in [1.165, 1.54) is 0 Å². The summed E-state index contributed by atoms with van der Waals surface area (Å²) in [4.78, 5) is 13.3. The quantitative estimate of drug-likeness (QED) is 0.478. The Bertz CT molecular complexity index is 1250. The van der Waals surface area contributed by atoms with E-state index >= 15 is 0 Å². The number of aliphatic hydroxyl groups excluding tert-OH is 1. The van der Waals surface area contributed by atoms with Crippen LogP contribution in [0.1, 0.15) is 10.4 Å². The molecule has 2 N–H and O–H groups in total. The third kappa shape index (κ3) is 3.12. The number of aliphatic hydroxyl groups is 1. The van der Waals surface area contributed by atoms with Crippen LogP contribution in [-0.2, 0) is 6.54 Å². The molecule has 0 aliphatic carbocycles. The number of carbonyl (C=O) groups excluding carboxylic acids is 1. The van der Waals surface area contributed by atoms with E-state index in [9.17, 15) is 9.90 Å². The molecule has 7 nitrogen and oxygen atoms in total. The van der Waals surface area contributed by atoms with Crippen molar-refractivity contribution in [2.75, 3.05) is 13.2 Å². The van der Waals surface area contributed by atoms with Gasteiger partial charge in [0.15, 0.2) is 22.8 Å². The van der Waals surface area contributed by atoms with Gasteiger partial charge in [0, 0.05) is 41.0 Å². The standard InChI is InChI=1S/C22H18ClN3O4/c23-22-15(10-24-25-22)13-5-6-14-16(11-26(7-8-27)17(14)9-13)21(28)20-12-29-18-3-1-2-4-19(18)30-20/h1-6,9-11,20,27H,7-8,12H2,(H,24,25). The molecule has 0 radical (unpaired) electrons. The van der Waals surface area contributed by atoms with Gasteiger partial charge in [-0.15, -0.1) is 0 Å². The highest BCUT2D eigenvalue weighted by molar-refractivity contribution is 6.32. The van der Waals surface area contributed by atoms with Crippen molar-refractivity contribution in [3.63, 3.8) is 0 Å². The van der Waals surface area contributed by atoms with E-state index in [1.807, 2.05) is 41.0 Å². The van der Waals surface area contributed by atoms with Gasteiger partial charge in [0.2, 0.25) is 5.78 Å². The number of aromatic nitrogens is 3. The number of rotatable bonds is 5. The molecule has 1 aliphatic rings. The minimum absolute atomic E-state index is 0.0511. The second kappa shape index (κ2) is 7.51. The van der Waals surface area contributed by atoms with Gasteiger partial charge in [0.25, 0.3) is 0 Å². The summed E-state index contributed by atoms with van der Waals surface area (Å²) in [5.74, 6) is 1.02. The molecule has 152 valence electrons. The Morgan fingerprint density at radius 2 is 2.10 bits per heavy atom. The maximum Gasteiger partial charge on any atom is 0.209 e. The van der Waals surface area contributed by atoms with Gasteiger partial charge in [0.1, 0.15) is 6.61 Å². The van der Waals surface area contributed by atoms with E-state index in [0.29, 0.717) is 28.8 Å². The summed E-state index contributed by atoms with van der Waals surface area (Å²) in [6.07, 6.45) is 2.74. The molecule has 2 aromatic carbocycles. The van der Waals surface area contributed by atoms with Crippen molar-refractivity contribution in [3.05, 3.63) is 65.6 Å². The fourth-order valence-corrected chi connectivity index (χ4v) is 3.96. The molecule has 0 fully saturated rings. The number of Topliss-reactive ketones (excluding diaryl/α,β-unsaturated/α-hetero) is 1. The van der Waals surface area contributed by atoms with Gasteiger partial charge >= 0.3 is 0 Å². The zero-order chi connectivity index (χ0) is 20.7. The van der Waals surface area contributed by atoms with Crippen LogP contribution in [-0.4, -0.2) is 45.0 Å². The lowest BCUT2D eigenvalue weighted by Crippen LogP contribution is -2.36. The van der Waals surface area contributed by atoms with Gasteiger partial charge in [-0.2, -0.15) is 5.10 Å². The molecule has 3 heterocycles. The van der Waals surface area contributed by atoms with E-state index in [1.54, 1.807) is 18.5 Å². The molecule has 1 atom stereocenters. The molecule has 4 aromatic rings. The first-order valence-electron chi connectivity index (χ1n) is 9.52. The number of hydrogen-bond donors (Lipinski definition) is 2. The highest BCUT2D eigenvalue weighted by Gasteiger charge is 2.30. The van der Waals surface area contributed by atoms with Gasteiger partial charge in [-0.25, -0.2) is 0 Å². The molecule has 0 saturated heterocycles. The van der Waals surface area contributed by atoms with E-state index in [-0.39, 0.29) is 19.0 Å². The Morgan fingerprint density at radius 1 is 1.27 bits per heavy atom. The summed E-state index contributed by atoms with van der Waals surface area (Å²) in [5.41, 5.74) is 2.98. The summed E-state index contributed by atoms with van der Waals surface area (Å²) >= 11 is 6.15. The molecule has 0 bridgehead atoms. The number of fused-ring (bicyclic) bond motifs is 2. The van der Waals surface area contributed by atoms with Gasteiger partial charge in [-0.3, -0.25) is 9.89 Å². The average molecular weight is 424 g/mol. The van der Waals surface area contributed by atoms with Crippen LogP contribution in [0, 0.1) is 0 Å². The molecular formula is C22H18ClN3O4. The Labute approximate surface area is 176 Å². The minimum atomic E-state index is -0.740. The third-order valence-corrected chi connectivity index (χ3v) is 5.48. The maximum atomic E-state index is 13.3. The van der Waals surface area contributed by atoms with Crippen molar-refractivity contribution in [2.45, 2.75) is 12.6 Å². The molecule has 0 saturated carbocycles. The number of nitrogens with zero attached hydrogens (tertiary/aromatic N) is 2. The molecule has 1 aliphatic heterocycles. The summed E-state index contributed by atoms with van der Waals surface area (Å²) in [5, 5.41) is 17.3. The van der Waals surface area contributed by atoms with Gasteiger partial charge in [0.05, 0.1) is 6.61 Å². The van der Waals surface area contributed by atoms with Crippen LogP contribution in [0.4, 0.5) is 0 Å². The molecule has 2 aromatic heterocycles. The number of para-hydroxylation sites is 2. The SMILES string of the molecule is O=C(c1cn(CCO)c2cc(-c3c[nH]nc3Cl)ccc12)C1COc2ccccc2O1. The summed E-state index contributed by atoms with van der Waals surface area (Å²) in [7, 11) is 0. The van der Waals surface area contributed by atoms with Crippen LogP contribution in [0.25, 0.3) is 22.0 Å². The fraction of sp³-hybridized carbons (Fsp3) is 0.182. The largest absolute Gasteiger partial charge is 0.485 e. The normalized spacial score (nSPS) is 15.5. The Balaban J connectivity index is 1.54. The van der Waals surface area contributed by atoms with Crippen molar-refractivity contribution in [1.29, 1.82) is 0 Å². The lowest BCUT2D eigenvalue weighted by molar-refractivity contribution is 0.0587. The smallest absolute Gasteiger partial charge is 0.209 e. The van der Waals surface area contributed by atoms with Crippen LogP contribution >= 0.6 is 11.6 Å². The monoisotopic (exact) mass is 423 g/mol. The third-order valence-electron chi connectivity index (χ3n) is 5.19. The van der Waals surface area contributed by atoms with E-state index in [0.717, 1.165) is 22.0 Å². The van der Waals surface area contributed by atoms with E-state index in [2.05, 4.69) is 10.2 Å². The van der Waals surface area contributed by atoms with Gasteiger partial charge < -0.3 is 19.1 Å². The number of H-pyrrole nitrogens is 1.